The Morgan fingerprint density at radius 2 is 2.53 bits per heavy atom. The Morgan fingerprint density at radius 1 is 1.63 bits per heavy atom. The zero-order valence-electron chi connectivity index (χ0n) is 10.8. The van der Waals surface area contributed by atoms with Gasteiger partial charge in [-0.15, -0.1) is 0 Å². The number of fused-ring (bicyclic) bond motifs is 1. The number of furan rings is 1. The van der Waals surface area contributed by atoms with Crippen molar-refractivity contribution in [1.29, 1.82) is 0 Å². The van der Waals surface area contributed by atoms with Crippen LogP contribution in [0.1, 0.15) is 23.7 Å². The molecule has 1 aliphatic heterocycles. The van der Waals surface area contributed by atoms with E-state index in [2.05, 4.69) is 9.55 Å². The van der Waals surface area contributed by atoms with Crippen molar-refractivity contribution >= 4 is 5.97 Å². The first-order valence-corrected chi connectivity index (χ1v) is 6.41. The van der Waals surface area contributed by atoms with E-state index < -0.39 is 0 Å². The SMILES string of the molecule is COC(=O)C1CCn2c(cnc2Cc2ccco2)C1. The van der Waals surface area contributed by atoms with Crippen molar-refractivity contribution in [1.82, 2.24) is 9.55 Å². The fourth-order valence-electron chi connectivity index (χ4n) is 2.61. The Morgan fingerprint density at radius 3 is 3.26 bits per heavy atom. The lowest BCUT2D eigenvalue weighted by Gasteiger charge is -2.22. The summed E-state index contributed by atoms with van der Waals surface area (Å²) in [5, 5.41) is 0. The maximum absolute atomic E-state index is 11.6. The average Bonchev–Trinajstić information content (AvgIpc) is 3.08. The second-order valence-electron chi connectivity index (χ2n) is 4.79. The van der Waals surface area contributed by atoms with Crippen LogP contribution in [0.25, 0.3) is 0 Å². The molecule has 1 unspecified atom stereocenters. The Hall–Kier alpha value is -2.04. The molecule has 0 aliphatic carbocycles. The third kappa shape index (κ3) is 2.28. The highest BCUT2D eigenvalue weighted by atomic mass is 16.5. The van der Waals surface area contributed by atoms with Crippen LogP contribution in [-0.2, 0) is 28.9 Å². The van der Waals surface area contributed by atoms with Gasteiger partial charge < -0.3 is 13.7 Å². The molecule has 0 radical (unpaired) electrons. The summed E-state index contributed by atoms with van der Waals surface area (Å²) in [6.45, 7) is 0.811. The molecule has 0 saturated heterocycles. The third-order valence-electron chi connectivity index (χ3n) is 3.62. The fourth-order valence-corrected chi connectivity index (χ4v) is 2.61. The van der Waals surface area contributed by atoms with E-state index in [1.165, 1.54) is 7.11 Å². The summed E-state index contributed by atoms with van der Waals surface area (Å²) in [5.74, 6) is 1.74. The quantitative estimate of drug-likeness (QED) is 0.790. The largest absolute Gasteiger partial charge is 0.469 e. The average molecular weight is 260 g/mol. The van der Waals surface area contributed by atoms with Gasteiger partial charge in [-0.1, -0.05) is 0 Å². The highest BCUT2D eigenvalue weighted by Gasteiger charge is 2.27. The molecule has 100 valence electrons. The number of nitrogens with zero attached hydrogens (tertiary/aromatic N) is 2. The minimum absolute atomic E-state index is 0.0364. The van der Waals surface area contributed by atoms with Crippen LogP contribution in [0.2, 0.25) is 0 Å². The van der Waals surface area contributed by atoms with E-state index in [9.17, 15) is 4.79 Å². The molecule has 1 aliphatic rings. The molecule has 5 heteroatoms. The number of methoxy groups -OCH3 is 1. The van der Waals surface area contributed by atoms with Gasteiger partial charge in [0.1, 0.15) is 11.6 Å². The number of aromatic nitrogens is 2. The van der Waals surface area contributed by atoms with Crippen molar-refractivity contribution in [3.05, 3.63) is 41.9 Å². The summed E-state index contributed by atoms with van der Waals surface area (Å²) >= 11 is 0. The van der Waals surface area contributed by atoms with Gasteiger partial charge in [-0.25, -0.2) is 4.98 Å². The molecule has 0 bridgehead atoms. The lowest BCUT2D eigenvalue weighted by atomic mass is 9.96. The van der Waals surface area contributed by atoms with E-state index in [-0.39, 0.29) is 11.9 Å². The van der Waals surface area contributed by atoms with Crippen LogP contribution in [0.5, 0.6) is 0 Å². The van der Waals surface area contributed by atoms with Crippen LogP contribution in [-0.4, -0.2) is 22.6 Å². The van der Waals surface area contributed by atoms with Crippen molar-refractivity contribution in [2.75, 3.05) is 7.11 Å². The van der Waals surface area contributed by atoms with Crippen molar-refractivity contribution in [2.24, 2.45) is 5.92 Å². The third-order valence-corrected chi connectivity index (χ3v) is 3.62. The van der Waals surface area contributed by atoms with E-state index >= 15 is 0 Å². The normalized spacial score (nSPS) is 18.1. The molecule has 3 rings (SSSR count). The van der Waals surface area contributed by atoms with Gasteiger partial charge in [-0.3, -0.25) is 4.79 Å². The zero-order chi connectivity index (χ0) is 13.2. The summed E-state index contributed by atoms with van der Waals surface area (Å²) in [7, 11) is 1.44. The van der Waals surface area contributed by atoms with Crippen molar-refractivity contribution in [3.8, 4) is 0 Å². The second-order valence-corrected chi connectivity index (χ2v) is 4.79. The number of hydrogen-bond acceptors (Lipinski definition) is 4. The molecular formula is C14H16N2O3. The minimum Gasteiger partial charge on any atom is -0.469 e. The highest BCUT2D eigenvalue weighted by Crippen LogP contribution is 2.24. The van der Waals surface area contributed by atoms with E-state index in [1.807, 2.05) is 18.3 Å². The summed E-state index contributed by atoms with van der Waals surface area (Å²) in [6.07, 6.45) is 5.73. The summed E-state index contributed by atoms with van der Waals surface area (Å²) in [6, 6.07) is 3.82. The topological polar surface area (TPSA) is 57.3 Å². The predicted molar refractivity (Wildman–Crippen MR) is 67.6 cm³/mol. The number of carbonyl (C=O) groups is 1. The first-order valence-electron chi connectivity index (χ1n) is 6.41. The first-order chi connectivity index (χ1) is 9.28. The number of carbonyl (C=O) groups excluding carboxylic acids is 1. The van der Waals surface area contributed by atoms with Crippen LogP contribution < -0.4 is 0 Å². The van der Waals surface area contributed by atoms with Gasteiger partial charge in [0.05, 0.1) is 25.7 Å². The molecule has 2 aromatic heterocycles. The van der Waals surface area contributed by atoms with Gasteiger partial charge >= 0.3 is 5.97 Å². The Labute approximate surface area is 111 Å². The molecule has 0 spiro atoms. The molecule has 0 aromatic carbocycles. The summed E-state index contributed by atoms with van der Waals surface area (Å²) < 4.78 is 12.3. The Kier molecular flexibility index (Phi) is 3.11. The van der Waals surface area contributed by atoms with E-state index in [1.54, 1.807) is 6.26 Å². The number of hydrogen-bond donors (Lipinski definition) is 0. The van der Waals surface area contributed by atoms with Gasteiger partial charge in [0, 0.05) is 24.9 Å². The van der Waals surface area contributed by atoms with Crippen LogP contribution in [0.3, 0.4) is 0 Å². The maximum Gasteiger partial charge on any atom is 0.309 e. The Bertz CT molecular complexity index is 572. The van der Waals surface area contributed by atoms with Crippen LogP contribution in [0.15, 0.2) is 29.0 Å². The minimum atomic E-state index is -0.125. The van der Waals surface area contributed by atoms with Crippen molar-refractivity contribution in [2.45, 2.75) is 25.8 Å². The van der Waals surface area contributed by atoms with Crippen LogP contribution in [0.4, 0.5) is 0 Å². The number of rotatable bonds is 3. The molecule has 0 saturated carbocycles. The highest BCUT2D eigenvalue weighted by molar-refractivity contribution is 5.72. The van der Waals surface area contributed by atoms with Crippen molar-refractivity contribution in [3.63, 3.8) is 0 Å². The molecule has 1 atom stereocenters. The summed E-state index contributed by atoms with van der Waals surface area (Å²) in [5.41, 5.74) is 1.10. The van der Waals surface area contributed by atoms with Gasteiger partial charge in [0.15, 0.2) is 0 Å². The zero-order valence-corrected chi connectivity index (χ0v) is 10.8. The molecule has 0 amide bonds. The molecular weight excluding hydrogens is 244 g/mol. The van der Waals surface area contributed by atoms with Crippen LogP contribution >= 0.6 is 0 Å². The molecule has 19 heavy (non-hydrogen) atoms. The molecule has 0 fully saturated rings. The monoisotopic (exact) mass is 260 g/mol. The number of esters is 1. The standard InChI is InChI=1S/C14H16N2O3/c1-18-14(17)10-4-5-16-11(7-10)9-15-13(16)8-12-3-2-6-19-12/h2-3,6,9-10H,4-5,7-8H2,1H3. The van der Waals surface area contributed by atoms with E-state index in [4.69, 9.17) is 9.15 Å². The molecule has 0 N–H and O–H groups in total. The first kappa shape index (κ1) is 12.0. The smallest absolute Gasteiger partial charge is 0.309 e. The van der Waals surface area contributed by atoms with Crippen molar-refractivity contribution < 1.29 is 13.9 Å². The predicted octanol–water partition coefficient (Wildman–Crippen LogP) is 1.80. The maximum atomic E-state index is 11.6. The second kappa shape index (κ2) is 4.91. The fraction of sp³-hybridized carbons (Fsp3) is 0.429. The van der Waals surface area contributed by atoms with Gasteiger partial charge in [0.2, 0.25) is 0 Å². The number of imidazole rings is 1. The van der Waals surface area contributed by atoms with Gasteiger partial charge in [-0.05, 0) is 18.6 Å². The van der Waals surface area contributed by atoms with E-state index in [0.29, 0.717) is 12.8 Å². The molecule has 5 nitrogen and oxygen atoms in total. The summed E-state index contributed by atoms with van der Waals surface area (Å²) in [4.78, 5) is 16.0. The van der Waals surface area contributed by atoms with Crippen LogP contribution in [0, 0.1) is 5.92 Å². The Balaban J connectivity index is 1.78. The number of ether oxygens (including phenoxy) is 1. The lowest BCUT2D eigenvalue weighted by Crippen LogP contribution is -2.27. The lowest BCUT2D eigenvalue weighted by molar-refractivity contribution is -0.146. The molecule has 2 aromatic rings. The van der Waals surface area contributed by atoms with Gasteiger partial charge in [0.25, 0.3) is 0 Å². The van der Waals surface area contributed by atoms with E-state index in [0.717, 1.165) is 30.2 Å². The van der Waals surface area contributed by atoms with Gasteiger partial charge in [-0.2, -0.15) is 0 Å². The molecule has 3 heterocycles.